The lowest BCUT2D eigenvalue weighted by atomic mass is 10.0. The van der Waals surface area contributed by atoms with E-state index in [-0.39, 0.29) is 11.6 Å². The number of nitrogens with zero attached hydrogens (tertiary/aromatic N) is 1. The lowest BCUT2D eigenvalue weighted by molar-refractivity contribution is 0.435. The lowest BCUT2D eigenvalue weighted by Gasteiger charge is -2.05. The second-order valence-electron chi connectivity index (χ2n) is 4.41. The third kappa shape index (κ3) is 2.54. The normalized spacial score (nSPS) is 10.8. The van der Waals surface area contributed by atoms with Crippen molar-refractivity contribution in [2.75, 3.05) is 5.73 Å². The van der Waals surface area contributed by atoms with E-state index in [9.17, 15) is 8.78 Å². The highest BCUT2D eigenvalue weighted by atomic mass is 79.9. The summed E-state index contributed by atoms with van der Waals surface area (Å²) in [5.74, 6) is -0.429. The Bertz CT molecular complexity index is 817. The Morgan fingerprint density at radius 1 is 1.05 bits per heavy atom. The SMILES string of the molecule is Nc1noc(-c2cc(F)ccc2Br)c1-c1cccc(F)c1. The predicted molar refractivity (Wildman–Crippen MR) is 79.4 cm³/mol. The van der Waals surface area contributed by atoms with E-state index < -0.39 is 11.6 Å². The van der Waals surface area contributed by atoms with Crippen LogP contribution >= 0.6 is 15.9 Å². The lowest BCUT2D eigenvalue weighted by Crippen LogP contribution is -1.90. The van der Waals surface area contributed by atoms with Gasteiger partial charge in [0.2, 0.25) is 0 Å². The van der Waals surface area contributed by atoms with Gasteiger partial charge in [-0.25, -0.2) is 8.78 Å². The molecule has 3 rings (SSSR count). The van der Waals surface area contributed by atoms with Crippen molar-refractivity contribution in [3.05, 3.63) is 58.6 Å². The Morgan fingerprint density at radius 3 is 2.57 bits per heavy atom. The summed E-state index contributed by atoms with van der Waals surface area (Å²) in [6.07, 6.45) is 0. The van der Waals surface area contributed by atoms with Crippen LogP contribution in [0.3, 0.4) is 0 Å². The van der Waals surface area contributed by atoms with Crippen LogP contribution in [0.25, 0.3) is 22.5 Å². The maximum atomic E-state index is 13.5. The Balaban J connectivity index is 2.24. The van der Waals surface area contributed by atoms with Gasteiger partial charge in [0.25, 0.3) is 0 Å². The molecule has 0 aliphatic rings. The minimum Gasteiger partial charge on any atom is -0.380 e. The summed E-state index contributed by atoms with van der Waals surface area (Å²) >= 11 is 3.33. The van der Waals surface area contributed by atoms with Gasteiger partial charge in [-0.2, -0.15) is 0 Å². The van der Waals surface area contributed by atoms with Gasteiger partial charge in [-0.3, -0.25) is 0 Å². The van der Waals surface area contributed by atoms with Crippen LogP contribution in [-0.4, -0.2) is 5.16 Å². The van der Waals surface area contributed by atoms with Crippen molar-refractivity contribution in [3.8, 4) is 22.5 Å². The second kappa shape index (κ2) is 5.29. The summed E-state index contributed by atoms with van der Waals surface area (Å²) in [6, 6.07) is 10.1. The van der Waals surface area contributed by atoms with E-state index in [1.165, 1.54) is 24.3 Å². The Labute approximate surface area is 127 Å². The standard InChI is InChI=1S/C15H9BrF2N2O/c16-12-5-4-10(18)7-11(12)14-13(15(19)20-21-14)8-2-1-3-9(17)6-8/h1-7H,(H2,19,20). The van der Waals surface area contributed by atoms with E-state index in [2.05, 4.69) is 21.1 Å². The van der Waals surface area contributed by atoms with E-state index >= 15 is 0 Å². The van der Waals surface area contributed by atoms with Crippen molar-refractivity contribution >= 4 is 21.7 Å². The molecule has 0 atom stereocenters. The number of halogens is 3. The molecule has 0 amide bonds. The third-order valence-corrected chi connectivity index (χ3v) is 3.70. The highest BCUT2D eigenvalue weighted by Gasteiger charge is 2.20. The maximum absolute atomic E-state index is 13.5. The second-order valence-corrected chi connectivity index (χ2v) is 5.26. The first-order valence-corrected chi connectivity index (χ1v) is 6.82. The first kappa shape index (κ1) is 13.8. The van der Waals surface area contributed by atoms with Crippen LogP contribution in [0.2, 0.25) is 0 Å². The third-order valence-electron chi connectivity index (χ3n) is 3.00. The number of benzene rings is 2. The fraction of sp³-hybridized carbons (Fsp3) is 0. The zero-order chi connectivity index (χ0) is 15.0. The summed E-state index contributed by atoms with van der Waals surface area (Å²) < 4.78 is 32.7. The van der Waals surface area contributed by atoms with Crippen molar-refractivity contribution in [1.82, 2.24) is 5.16 Å². The molecule has 2 aromatic carbocycles. The number of hydrogen-bond acceptors (Lipinski definition) is 3. The molecule has 6 heteroatoms. The number of hydrogen-bond donors (Lipinski definition) is 1. The van der Waals surface area contributed by atoms with Gasteiger partial charge < -0.3 is 10.3 Å². The average molecular weight is 351 g/mol. The minimum atomic E-state index is -0.423. The van der Waals surface area contributed by atoms with Crippen LogP contribution in [0.1, 0.15) is 0 Å². The van der Waals surface area contributed by atoms with Crippen LogP contribution in [0.15, 0.2) is 51.5 Å². The first-order valence-electron chi connectivity index (χ1n) is 6.03. The summed E-state index contributed by atoms with van der Waals surface area (Å²) in [4.78, 5) is 0. The molecule has 0 aliphatic carbocycles. The smallest absolute Gasteiger partial charge is 0.178 e. The fourth-order valence-electron chi connectivity index (χ4n) is 2.08. The molecule has 0 bridgehead atoms. The number of aromatic nitrogens is 1. The van der Waals surface area contributed by atoms with Gasteiger partial charge in [0.05, 0.1) is 5.56 Å². The molecule has 0 saturated heterocycles. The van der Waals surface area contributed by atoms with Crippen LogP contribution < -0.4 is 5.73 Å². The molecule has 0 spiro atoms. The van der Waals surface area contributed by atoms with Crippen molar-refractivity contribution in [2.45, 2.75) is 0 Å². The van der Waals surface area contributed by atoms with Gasteiger partial charge in [0.1, 0.15) is 11.6 Å². The van der Waals surface area contributed by atoms with Crippen LogP contribution in [-0.2, 0) is 0 Å². The van der Waals surface area contributed by atoms with Crippen molar-refractivity contribution in [3.63, 3.8) is 0 Å². The minimum absolute atomic E-state index is 0.117. The van der Waals surface area contributed by atoms with E-state index in [4.69, 9.17) is 10.3 Å². The molecule has 1 heterocycles. The van der Waals surface area contributed by atoms with Crippen LogP contribution in [0.4, 0.5) is 14.6 Å². The topological polar surface area (TPSA) is 52.0 Å². The monoisotopic (exact) mass is 350 g/mol. The zero-order valence-electron chi connectivity index (χ0n) is 10.6. The number of rotatable bonds is 2. The Morgan fingerprint density at radius 2 is 1.81 bits per heavy atom. The molecule has 2 N–H and O–H groups in total. The molecule has 0 radical (unpaired) electrons. The van der Waals surface area contributed by atoms with E-state index in [1.807, 2.05) is 0 Å². The fourth-order valence-corrected chi connectivity index (χ4v) is 2.51. The van der Waals surface area contributed by atoms with Crippen molar-refractivity contribution in [2.24, 2.45) is 0 Å². The van der Waals surface area contributed by atoms with Crippen LogP contribution in [0, 0.1) is 11.6 Å². The number of nitrogens with two attached hydrogens (primary N) is 1. The van der Waals surface area contributed by atoms with Crippen LogP contribution in [0.5, 0.6) is 0 Å². The van der Waals surface area contributed by atoms with E-state index in [1.54, 1.807) is 18.2 Å². The highest BCUT2D eigenvalue weighted by Crippen LogP contribution is 2.39. The number of anilines is 1. The van der Waals surface area contributed by atoms with Gasteiger partial charge in [-0.1, -0.05) is 33.2 Å². The predicted octanol–water partition coefficient (Wildman–Crippen LogP) is 4.63. The molecule has 3 aromatic rings. The molecular formula is C15H9BrF2N2O. The van der Waals surface area contributed by atoms with Crippen molar-refractivity contribution < 1.29 is 13.3 Å². The molecule has 0 fully saturated rings. The maximum Gasteiger partial charge on any atom is 0.178 e. The summed E-state index contributed by atoms with van der Waals surface area (Å²) in [5, 5.41) is 3.71. The van der Waals surface area contributed by atoms with Gasteiger partial charge in [-0.05, 0) is 35.9 Å². The molecule has 21 heavy (non-hydrogen) atoms. The van der Waals surface area contributed by atoms with Gasteiger partial charge in [0, 0.05) is 10.0 Å². The van der Waals surface area contributed by atoms with Gasteiger partial charge in [-0.15, -0.1) is 0 Å². The molecule has 0 unspecified atom stereocenters. The molecule has 3 nitrogen and oxygen atoms in total. The summed E-state index contributed by atoms with van der Waals surface area (Å²) in [5.41, 5.74) is 7.21. The van der Waals surface area contributed by atoms with E-state index in [0.29, 0.717) is 21.2 Å². The summed E-state index contributed by atoms with van der Waals surface area (Å²) in [7, 11) is 0. The average Bonchev–Trinajstić information content (AvgIpc) is 2.83. The van der Waals surface area contributed by atoms with E-state index in [0.717, 1.165) is 0 Å². The molecule has 1 aromatic heterocycles. The first-order chi connectivity index (χ1) is 10.1. The van der Waals surface area contributed by atoms with Crippen molar-refractivity contribution in [1.29, 1.82) is 0 Å². The molecular weight excluding hydrogens is 342 g/mol. The summed E-state index contributed by atoms with van der Waals surface area (Å²) in [6.45, 7) is 0. The number of nitrogen functional groups attached to an aromatic ring is 1. The largest absolute Gasteiger partial charge is 0.380 e. The van der Waals surface area contributed by atoms with Gasteiger partial charge >= 0.3 is 0 Å². The quantitative estimate of drug-likeness (QED) is 0.732. The zero-order valence-corrected chi connectivity index (χ0v) is 12.2. The molecule has 0 aliphatic heterocycles. The Kier molecular flexibility index (Phi) is 3.47. The Hall–Kier alpha value is -2.21. The highest BCUT2D eigenvalue weighted by molar-refractivity contribution is 9.10. The van der Waals surface area contributed by atoms with Gasteiger partial charge in [0.15, 0.2) is 11.6 Å². The molecule has 106 valence electrons. The molecule has 0 saturated carbocycles.